The number of rotatable bonds is 10. The van der Waals surface area contributed by atoms with Crippen LogP contribution in [-0.2, 0) is 4.79 Å². The van der Waals surface area contributed by atoms with E-state index >= 15 is 0 Å². The van der Waals surface area contributed by atoms with E-state index in [4.69, 9.17) is 15.3 Å². The van der Waals surface area contributed by atoms with Crippen molar-refractivity contribution in [2.45, 2.75) is 71.1 Å². The van der Waals surface area contributed by atoms with Crippen molar-refractivity contribution < 1.29 is 39.4 Å². The molecule has 0 bridgehead atoms. The van der Waals surface area contributed by atoms with Gasteiger partial charge in [-0.05, 0) is 6.42 Å². The molecule has 0 unspecified atom stereocenters. The standard InChI is InChI=1S/C12H24O.NO3.Na/c1-2-3-4-5-6-7-8-9-10-11-12-13;2-1(3)4;/h12H,2-11H2,1H3;;/q;-1;+1. The van der Waals surface area contributed by atoms with Gasteiger partial charge in [0.05, 0.1) is 5.09 Å². The molecule has 6 heteroatoms. The third-order valence-corrected chi connectivity index (χ3v) is 2.43. The molecule has 0 N–H and O–H groups in total. The zero-order valence-corrected chi connectivity index (χ0v) is 13.7. The van der Waals surface area contributed by atoms with Crippen LogP contribution in [0.4, 0.5) is 0 Å². The molecule has 0 amide bonds. The van der Waals surface area contributed by atoms with E-state index in [1.54, 1.807) is 0 Å². The summed E-state index contributed by atoms with van der Waals surface area (Å²) in [4.78, 5) is 18.3. The summed E-state index contributed by atoms with van der Waals surface area (Å²) < 4.78 is 0. The van der Waals surface area contributed by atoms with Gasteiger partial charge < -0.3 is 20.1 Å². The van der Waals surface area contributed by atoms with E-state index in [9.17, 15) is 4.79 Å². The van der Waals surface area contributed by atoms with Crippen molar-refractivity contribution in [3.63, 3.8) is 0 Å². The molecule has 102 valence electrons. The Morgan fingerprint density at radius 1 is 0.889 bits per heavy atom. The monoisotopic (exact) mass is 269 g/mol. The molecule has 0 fully saturated rings. The molecule has 0 spiro atoms. The predicted molar refractivity (Wildman–Crippen MR) is 68.3 cm³/mol. The summed E-state index contributed by atoms with van der Waals surface area (Å²) in [5.41, 5.74) is 0. The SMILES string of the molecule is CCCCCCCCCCCC=O.O=[N+]([O-])[O-].[Na+]. The smallest absolute Gasteiger partial charge is 0.356 e. The molecular formula is C12H24NNaO4. The Kier molecular flexibility index (Phi) is 28.2. The first-order valence-corrected chi connectivity index (χ1v) is 6.40. The molecule has 18 heavy (non-hydrogen) atoms. The van der Waals surface area contributed by atoms with E-state index in [-0.39, 0.29) is 29.6 Å². The summed E-state index contributed by atoms with van der Waals surface area (Å²) in [6.45, 7) is 2.25. The first-order valence-electron chi connectivity index (χ1n) is 6.40. The fraction of sp³-hybridized carbons (Fsp3) is 0.917. The topological polar surface area (TPSA) is 83.3 Å². The second-order valence-electron chi connectivity index (χ2n) is 4.01. The number of nitrogens with zero attached hydrogens (tertiary/aromatic N) is 1. The Morgan fingerprint density at radius 3 is 1.56 bits per heavy atom. The van der Waals surface area contributed by atoms with E-state index in [0.29, 0.717) is 0 Å². The Labute approximate surface area is 132 Å². The van der Waals surface area contributed by atoms with Gasteiger partial charge in [-0.25, -0.2) is 0 Å². The Morgan fingerprint density at radius 2 is 1.22 bits per heavy atom. The van der Waals surface area contributed by atoms with Crippen molar-refractivity contribution in [1.82, 2.24) is 0 Å². The van der Waals surface area contributed by atoms with Gasteiger partial charge in [-0.2, -0.15) is 0 Å². The molecule has 0 saturated carbocycles. The molecule has 0 saturated heterocycles. The van der Waals surface area contributed by atoms with E-state index in [2.05, 4.69) is 6.92 Å². The van der Waals surface area contributed by atoms with E-state index in [1.165, 1.54) is 51.4 Å². The van der Waals surface area contributed by atoms with Crippen LogP contribution in [0.15, 0.2) is 0 Å². The Balaban J connectivity index is -0.000000392. The molecule has 0 heterocycles. The minimum absolute atomic E-state index is 0. The van der Waals surface area contributed by atoms with Crippen LogP contribution in [0.25, 0.3) is 0 Å². The third-order valence-electron chi connectivity index (χ3n) is 2.43. The number of carbonyl (C=O) groups is 1. The molecular weight excluding hydrogens is 245 g/mol. The quantitative estimate of drug-likeness (QED) is 0.194. The van der Waals surface area contributed by atoms with Crippen molar-refractivity contribution in [3.8, 4) is 0 Å². The van der Waals surface area contributed by atoms with Gasteiger partial charge in [0.15, 0.2) is 0 Å². The molecule has 0 aliphatic heterocycles. The summed E-state index contributed by atoms with van der Waals surface area (Å²) in [6, 6.07) is 0. The van der Waals surface area contributed by atoms with Crippen LogP contribution < -0.4 is 29.6 Å². The van der Waals surface area contributed by atoms with Crippen molar-refractivity contribution in [1.29, 1.82) is 0 Å². The molecule has 0 aliphatic carbocycles. The van der Waals surface area contributed by atoms with Gasteiger partial charge in [0.25, 0.3) is 0 Å². The molecule has 0 rings (SSSR count). The van der Waals surface area contributed by atoms with Gasteiger partial charge in [0.1, 0.15) is 6.29 Å². The van der Waals surface area contributed by atoms with Gasteiger partial charge in [0, 0.05) is 6.42 Å². The Bertz CT molecular complexity index is 175. The van der Waals surface area contributed by atoms with Crippen LogP contribution in [-0.4, -0.2) is 11.4 Å². The van der Waals surface area contributed by atoms with Crippen LogP contribution in [0.3, 0.4) is 0 Å². The zero-order chi connectivity index (χ0) is 13.4. The molecule has 0 radical (unpaired) electrons. The fourth-order valence-electron chi connectivity index (χ4n) is 1.54. The summed E-state index contributed by atoms with van der Waals surface area (Å²) in [5.74, 6) is 0. The zero-order valence-electron chi connectivity index (χ0n) is 11.7. The van der Waals surface area contributed by atoms with E-state index in [1.807, 2.05) is 0 Å². The largest absolute Gasteiger partial charge is 1.00 e. The number of hydrogen-bond donors (Lipinski definition) is 0. The van der Waals surface area contributed by atoms with Crippen LogP contribution in [0.2, 0.25) is 0 Å². The van der Waals surface area contributed by atoms with Gasteiger partial charge in [-0.1, -0.05) is 58.3 Å². The average molecular weight is 269 g/mol. The fourth-order valence-corrected chi connectivity index (χ4v) is 1.54. The van der Waals surface area contributed by atoms with E-state index in [0.717, 1.165) is 19.1 Å². The summed E-state index contributed by atoms with van der Waals surface area (Å²) in [6.07, 6.45) is 13.7. The van der Waals surface area contributed by atoms with Crippen LogP contribution in [0.1, 0.15) is 71.1 Å². The van der Waals surface area contributed by atoms with E-state index < -0.39 is 5.09 Å². The van der Waals surface area contributed by atoms with Crippen molar-refractivity contribution in [2.75, 3.05) is 0 Å². The van der Waals surface area contributed by atoms with Crippen molar-refractivity contribution in [2.24, 2.45) is 0 Å². The maximum atomic E-state index is 10.0. The third kappa shape index (κ3) is 36.0. The summed E-state index contributed by atoms with van der Waals surface area (Å²) in [5, 5.41) is 14.8. The van der Waals surface area contributed by atoms with Crippen LogP contribution >= 0.6 is 0 Å². The van der Waals surface area contributed by atoms with Gasteiger partial charge in [0.2, 0.25) is 0 Å². The normalized spacial score (nSPS) is 8.72. The van der Waals surface area contributed by atoms with Gasteiger partial charge in [-0.3, -0.25) is 0 Å². The second-order valence-corrected chi connectivity index (χ2v) is 4.01. The van der Waals surface area contributed by atoms with Crippen LogP contribution in [0, 0.1) is 15.3 Å². The molecule has 0 aromatic rings. The maximum absolute atomic E-state index is 10.0. The van der Waals surface area contributed by atoms with Crippen molar-refractivity contribution >= 4 is 6.29 Å². The number of hydrogen-bond acceptors (Lipinski definition) is 4. The minimum atomic E-state index is -1.75. The molecule has 0 aliphatic rings. The first kappa shape index (κ1) is 23.0. The Hall–Kier alpha value is -0.130. The summed E-state index contributed by atoms with van der Waals surface area (Å²) >= 11 is 0. The molecule has 0 aromatic heterocycles. The minimum Gasteiger partial charge on any atom is -0.356 e. The molecule has 0 aromatic carbocycles. The first-order chi connectivity index (χ1) is 8.15. The molecule has 5 nitrogen and oxygen atoms in total. The number of carbonyl (C=O) groups excluding carboxylic acids is 1. The number of aldehydes is 1. The summed E-state index contributed by atoms with van der Waals surface area (Å²) in [7, 11) is 0. The van der Waals surface area contributed by atoms with Crippen LogP contribution in [0.5, 0.6) is 0 Å². The average Bonchev–Trinajstić information content (AvgIpc) is 2.26. The second kappa shape index (κ2) is 22.1. The predicted octanol–water partition coefficient (Wildman–Crippen LogP) is 0.871. The number of unbranched alkanes of at least 4 members (excludes halogenated alkanes) is 9. The van der Waals surface area contributed by atoms with Gasteiger partial charge in [-0.15, -0.1) is 0 Å². The maximum Gasteiger partial charge on any atom is 1.00 e. The van der Waals surface area contributed by atoms with Gasteiger partial charge >= 0.3 is 29.6 Å². The van der Waals surface area contributed by atoms with Crippen molar-refractivity contribution in [3.05, 3.63) is 15.3 Å². The molecule has 0 atom stereocenters.